The summed E-state index contributed by atoms with van der Waals surface area (Å²) >= 11 is 6.08. The monoisotopic (exact) mass is 414 g/mol. The lowest BCUT2D eigenvalue weighted by molar-refractivity contribution is -0.167. The van der Waals surface area contributed by atoms with E-state index in [-0.39, 0.29) is 24.7 Å². The summed E-state index contributed by atoms with van der Waals surface area (Å²) in [7, 11) is 0. The predicted octanol–water partition coefficient (Wildman–Crippen LogP) is 4.15. The van der Waals surface area contributed by atoms with Crippen LogP contribution in [0.25, 0.3) is 0 Å². The second-order valence-electron chi connectivity index (χ2n) is 6.09. The molecule has 2 aromatic rings. The van der Waals surface area contributed by atoms with Crippen LogP contribution in [0.4, 0.5) is 18.9 Å². The van der Waals surface area contributed by atoms with Gasteiger partial charge in [0.05, 0.1) is 0 Å². The summed E-state index contributed by atoms with van der Waals surface area (Å²) in [6.45, 7) is 3.64. The van der Waals surface area contributed by atoms with Crippen molar-refractivity contribution in [3.63, 3.8) is 0 Å². The Morgan fingerprint density at radius 2 is 1.64 bits per heavy atom. The Kier molecular flexibility index (Phi) is 6.90. The molecule has 0 heterocycles. The normalized spacial score (nSPS) is 11.1. The highest BCUT2D eigenvalue weighted by Crippen LogP contribution is 2.25. The molecule has 0 aliphatic heterocycles. The first-order valence-corrected chi connectivity index (χ1v) is 8.57. The molecular formula is C19H18ClF3N2O3. The second kappa shape index (κ2) is 8.97. The number of rotatable bonds is 6. The molecule has 150 valence electrons. The van der Waals surface area contributed by atoms with Crippen molar-refractivity contribution in [1.82, 2.24) is 5.32 Å². The molecule has 9 heteroatoms. The smallest absolute Gasteiger partial charge is 0.471 e. The topological polar surface area (TPSA) is 67.4 Å². The fourth-order valence-corrected chi connectivity index (χ4v) is 2.41. The van der Waals surface area contributed by atoms with Crippen molar-refractivity contribution in [2.45, 2.75) is 26.6 Å². The van der Waals surface area contributed by atoms with Gasteiger partial charge in [0, 0.05) is 17.3 Å². The molecule has 0 saturated carbocycles. The van der Waals surface area contributed by atoms with Gasteiger partial charge in [0.1, 0.15) is 5.75 Å². The van der Waals surface area contributed by atoms with Crippen LogP contribution in [0, 0.1) is 13.8 Å². The maximum Gasteiger partial charge on any atom is 0.471 e. The van der Waals surface area contributed by atoms with E-state index in [1.807, 2.05) is 13.8 Å². The number of hydrogen-bond donors (Lipinski definition) is 2. The third-order valence-electron chi connectivity index (χ3n) is 3.74. The molecule has 0 radical (unpaired) electrons. The van der Waals surface area contributed by atoms with E-state index in [4.69, 9.17) is 16.3 Å². The molecule has 0 saturated heterocycles. The SMILES string of the molecule is Cc1cc(OCC(=O)NCc2ccc(NC(=O)C(F)(F)F)cc2)cc(C)c1Cl. The number of aryl methyl sites for hydroxylation is 2. The van der Waals surface area contributed by atoms with E-state index in [1.165, 1.54) is 24.3 Å². The molecule has 2 N–H and O–H groups in total. The van der Waals surface area contributed by atoms with Gasteiger partial charge in [-0.2, -0.15) is 13.2 Å². The summed E-state index contributed by atoms with van der Waals surface area (Å²) in [5.74, 6) is -1.88. The van der Waals surface area contributed by atoms with Crippen molar-refractivity contribution in [2.24, 2.45) is 0 Å². The molecule has 2 rings (SSSR count). The molecule has 5 nitrogen and oxygen atoms in total. The van der Waals surface area contributed by atoms with Gasteiger partial charge in [-0.05, 0) is 54.8 Å². The number of carbonyl (C=O) groups is 2. The maximum absolute atomic E-state index is 12.2. The van der Waals surface area contributed by atoms with Gasteiger partial charge in [0.2, 0.25) is 0 Å². The zero-order valence-electron chi connectivity index (χ0n) is 15.1. The van der Waals surface area contributed by atoms with Crippen LogP contribution in [0.2, 0.25) is 5.02 Å². The number of amides is 2. The van der Waals surface area contributed by atoms with Crippen LogP contribution in [0.15, 0.2) is 36.4 Å². The van der Waals surface area contributed by atoms with Gasteiger partial charge in [0.25, 0.3) is 5.91 Å². The lowest BCUT2D eigenvalue weighted by Crippen LogP contribution is -2.30. The Bertz CT molecular complexity index is 845. The van der Waals surface area contributed by atoms with Gasteiger partial charge in [-0.25, -0.2) is 0 Å². The van der Waals surface area contributed by atoms with E-state index < -0.39 is 12.1 Å². The van der Waals surface area contributed by atoms with Crippen molar-refractivity contribution >= 4 is 29.1 Å². The quantitative estimate of drug-likeness (QED) is 0.746. The minimum absolute atomic E-state index is 0.00853. The van der Waals surface area contributed by atoms with Crippen molar-refractivity contribution in [1.29, 1.82) is 0 Å². The van der Waals surface area contributed by atoms with Gasteiger partial charge >= 0.3 is 12.1 Å². The summed E-state index contributed by atoms with van der Waals surface area (Å²) in [4.78, 5) is 22.8. The first-order chi connectivity index (χ1) is 13.1. The molecule has 0 aliphatic carbocycles. The Labute approximate surface area is 164 Å². The largest absolute Gasteiger partial charge is 0.484 e. The number of benzene rings is 2. The van der Waals surface area contributed by atoms with E-state index in [0.29, 0.717) is 16.3 Å². The summed E-state index contributed by atoms with van der Waals surface area (Å²) in [5, 5.41) is 5.03. The molecule has 2 aromatic carbocycles. The second-order valence-corrected chi connectivity index (χ2v) is 6.46. The van der Waals surface area contributed by atoms with E-state index in [9.17, 15) is 22.8 Å². The van der Waals surface area contributed by atoms with E-state index >= 15 is 0 Å². The molecule has 0 spiro atoms. The average molecular weight is 415 g/mol. The lowest BCUT2D eigenvalue weighted by atomic mass is 10.1. The first kappa shape index (κ1) is 21.6. The fourth-order valence-electron chi connectivity index (χ4n) is 2.30. The Hall–Kier alpha value is -2.74. The Morgan fingerprint density at radius 3 is 2.18 bits per heavy atom. The highest BCUT2D eigenvalue weighted by atomic mass is 35.5. The van der Waals surface area contributed by atoms with Crippen LogP contribution in [0.3, 0.4) is 0 Å². The number of nitrogens with one attached hydrogen (secondary N) is 2. The molecule has 0 aromatic heterocycles. The Balaban J connectivity index is 1.82. The number of carbonyl (C=O) groups excluding carboxylic acids is 2. The molecule has 0 atom stereocenters. The summed E-state index contributed by atoms with van der Waals surface area (Å²) in [6.07, 6.45) is -4.95. The highest BCUT2D eigenvalue weighted by Gasteiger charge is 2.38. The number of hydrogen-bond acceptors (Lipinski definition) is 3. The molecule has 0 unspecified atom stereocenters. The highest BCUT2D eigenvalue weighted by molar-refractivity contribution is 6.32. The van der Waals surface area contributed by atoms with E-state index in [1.54, 1.807) is 17.4 Å². The molecule has 0 bridgehead atoms. The zero-order valence-corrected chi connectivity index (χ0v) is 15.9. The van der Waals surface area contributed by atoms with Gasteiger partial charge in [-0.15, -0.1) is 0 Å². The third-order valence-corrected chi connectivity index (χ3v) is 4.34. The van der Waals surface area contributed by atoms with Crippen molar-refractivity contribution in [3.8, 4) is 5.75 Å². The van der Waals surface area contributed by atoms with Crippen LogP contribution in [-0.2, 0) is 16.1 Å². The summed E-state index contributed by atoms with van der Waals surface area (Å²) in [5.41, 5.74) is 2.34. The number of anilines is 1. The van der Waals surface area contributed by atoms with Crippen molar-refractivity contribution in [3.05, 3.63) is 58.1 Å². The van der Waals surface area contributed by atoms with Gasteiger partial charge in [0.15, 0.2) is 6.61 Å². The lowest BCUT2D eigenvalue weighted by Gasteiger charge is -2.11. The number of halogens is 4. The number of ether oxygens (including phenoxy) is 1. The zero-order chi connectivity index (χ0) is 20.9. The standard InChI is InChI=1S/C19H18ClF3N2O3/c1-11-7-15(8-12(2)17(11)20)28-10-16(26)24-9-13-3-5-14(6-4-13)25-18(27)19(21,22)23/h3-8H,9-10H2,1-2H3,(H,24,26)(H,25,27). The third kappa shape index (κ3) is 6.16. The van der Waals surface area contributed by atoms with Crippen molar-refractivity contribution in [2.75, 3.05) is 11.9 Å². The van der Waals surface area contributed by atoms with E-state index in [2.05, 4.69) is 5.32 Å². The van der Waals surface area contributed by atoms with Gasteiger partial charge in [-0.3, -0.25) is 9.59 Å². The van der Waals surface area contributed by atoms with Crippen LogP contribution < -0.4 is 15.4 Å². The van der Waals surface area contributed by atoms with Crippen LogP contribution >= 0.6 is 11.6 Å². The average Bonchev–Trinajstić information content (AvgIpc) is 2.63. The summed E-state index contributed by atoms with van der Waals surface area (Å²) < 4.78 is 42.1. The minimum Gasteiger partial charge on any atom is -0.484 e. The number of alkyl halides is 3. The van der Waals surface area contributed by atoms with E-state index in [0.717, 1.165) is 11.1 Å². The molecule has 0 fully saturated rings. The fraction of sp³-hybridized carbons (Fsp3) is 0.263. The van der Waals surface area contributed by atoms with Gasteiger partial charge < -0.3 is 15.4 Å². The van der Waals surface area contributed by atoms with Crippen molar-refractivity contribution < 1.29 is 27.5 Å². The molecule has 0 aliphatic rings. The van der Waals surface area contributed by atoms with Crippen LogP contribution in [0.5, 0.6) is 5.75 Å². The molecule has 2 amide bonds. The Morgan fingerprint density at radius 1 is 1.07 bits per heavy atom. The minimum atomic E-state index is -4.95. The van der Waals surface area contributed by atoms with Crippen LogP contribution in [0.1, 0.15) is 16.7 Å². The van der Waals surface area contributed by atoms with Gasteiger partial charge in [-0.1, -0.05) is 23.7 Å². The molecular weight excluding hydrogens is 397 g/mol. The van der Waals surface area contributed by atoms with Crippen LogP contribution in [-0.4, -0.2) is 24.6 Å². The predicted molar refractivity (Wildman–Crippen MR) is 99.4 cm³/mol. The summed E-state index contributed by atoms with van der Waals surface area (Å²) in [6, 6.07) is 9.10. The molecule has 28 heavy (non-hydrogen) atoms. The maximum atomic E-state index is 12.2. The first-order valence-electron chi connectivity index (χ1n) is 8.19.